The van der Waals surface area contributed by atoms with Gasteiger partial charge in [-0.2, -0.15) is 0 Å². The van der Waals surface area contributed by atoms with Crippen LogP contribution in [0.3, 0.4) is 0 Å². The summed E-state index contributed by atoms with van der Waals surface area (Å²) >= 11 is 3.66. The lowest BCUT2D eigenvalue weighted by Crippen LogP contribution is -2.29. The molecule has 0 saturated heterocycles. The van der Waals surface area contributed by atoms with Crippen LogP contribution in [0.25, 0.3) is 0 Å². The number of carboxylic acid groups (broad SMARTS) is 1. The van der Waals surface area contributed by atoms with E-state index in [9.17, 15) is 9.90 Å². The molecule has 116 valence electrons. The molecule has 2 aromatic carbocycles. The van der Waals surface area contributed by atoms with Gasteiger partial charge in [0.1, 0.15) is 0 Å². The summed E-state index contributed by atoms with van der Waals surface area (Å²) in [4.78, 5) is 11.3. The molecule has 0 amide bonds. The molecule has 1 aliphatic carbocycles. The van der Waals surface area contributed by atoms with Crippen LogP contribution in [-0.2, 0) is 0 Å². The first-order valence-electron chi connectivity index (χ1n) is 7.70. The molecule has 0 radical (unpaired) electrons. The predicted octanol–water partition coefficient (Wildman–Crippen LogP) is 4.97. The average molecular weight is 370 g/mol. The molecule has 0 spiro atoms. The monoisotopic (exact) mass is 369 g/mol. The van der Waals surface area contributed by atoms with E-state index in [-0.39, 0.29) is 12.0 Å². The van der Waals surface area contributed by atoms with Gasteiger partial charge in [0.2, 0.25) is 0 Å². The van der Waals surface area contributed by atoms with E-state index in [1.54, 1.807) is 6.07 Å². The van der Waals surface area contributed by atoms with Gasteiger partial charge in [-0.3, -0.25) is 0 Å². The largest absolute Gasteiger partial charge is 0.478 e. The van der Waals surface area contributed by atoms with E-state index < -0.39 is 5.97 Å². The minimum absolute atomic E-state index is 0.216. The molecule has 4 rings (SSSR count). The second-order valence-electron chi connectivity index (χ2n) is 6.10. The Hall–Kier alpha value is -2.07. The van der Waals surface area contributed by atoms with Crippen LogP contribution in [0.4, 0.5) is 5.69 Å². The summed E-state index contributed by atoms with van der Waals surface area (Å²) in [6.45, 7) is 0. The van der Waals surface area contributed by atoms with E-state index in [2.05, 4.69) is 51.6 Å². The number of halogens is 1. The lowest BCUT2D eigenvalue weighted by molar-refractivity contribution is 0.0696. The molecule has 3 nitrogen and oxygen atoms in total. The molecule has 0 fully saturated rings. The van der Waals surface area contributed by atoms with Crippen LogP contribution in [0.1, 0.15) is 39.9 Å². The highest BCUT2D eigenvalue weighted by atomic mass is 79.9. The Bertz CT molecular complexity index is 815. The van der Waals surface area contributed by atoms with E-state index in [0.29, 0.717) is 11.5 Å². The summed E-state index contributed by atoms with van der Waals surface area (Å²) in [5.74, 6) is -0.202. The molecule has 0 saturated carbocycles. The van der Waals surface area contributed by atoms with E-state index in [1.165, 1.54) is 5.56 Å². The van der Waals surface area contributed by atoms with E-state index in [4.69, 9.17) is 0 Å². The van der Waals surface area contributed by atoms with Gasteiger partial charge in [0.15, 0.2) is 0 Å². The van der Waals surface area contributed by atoms with Crippen molar-refractivity contribution in [2.24, 2.45) is 5.92 Å². The van der Waals surface area contributed by atoms with Gasteiger partial charge in [-0.15, -0.1) is 0 Å². The summed E-state index contributed by atoms with van der Waals surface area (Å²) < 4.78 is 1.11. The normalized spacial score (nSPS) is 24.7. The minimum Gasteiger partial charge on any atom is -0.478 e. The van der Waals surface area contributed by atoms with Crippen LogP contribution >= 0.6 is 15.9 Å². The number of benzene rings is 2. The lowest BCUT2D eigenvalue weighted by atomic mass is 9.76. The van der Waals surface area contributed by atoms with Crippen LogP contribution < -0.4 is 5.32 Å². The van der Waals surface area contributed by atoms with Gasteiger partial charge in [0.05, 0.1) is 11.6 Å². The maximum absolute atomic E-state index is 11.3. The maximum atomic E-state index is 11.3. The quantitative estimate of drug-likeness (QED) is 0.734. The standard InChI is InChI=1S/C19H16BrNO2/c20-16-7-2-1-4-14(16)18-13-6-3-5-12(13)15-10-11(19(22)23)8-9-17(15)21-18/h1-5,7-10,12-13,18,21H,6H2,(H,22,23)/t12-,13+,18-/m1/s1. The third kappa shape index (κ3) is 2.38. The van der Waals surface area contributed by atoms with Crippen molar-refractivity contribution in [3.05, 3.63) is 75.8 Å². The van der Waals surface area contributed by atoms with Gasteiger partial charge >= 0.3 is 5.97 Å². The van der Waals surface area contributed by atoms with Crippen molar-refractivity contribution in [2.75, 3.05) is 5.32 Å². The second kappa shape index (κ2) is 5.53. The smallest absolute Gasteiger partial charge is 0.335 e. The van der Waals surface area contributed by atoms with Crippen LogP contribution in [0.2, 0.25) is 0 Å². The fourth-order valence-corrected chi connectivity index (χ4v) is 4.29. The Kier molecular flexibility index (Phi) is 3.49. The van der Waals surface area contributed by atoms with Crippen LogP contribution in [0.5, 0.6) is 0 Å². The van der Waals surface area contributed by atoms with Gasteiger partial charge in [0.25, 0.3) is 0 Å². The van der Waals surface area contributed by atoms with Gasteiger partial charge in [-0.1, -0.05) is 46.3 Å². The van der Waals surface area contributed by atoms with Gasteiger partial charge < -0.3 is 10.4 Å². The molecule has 0 bridgehead atoms. The predicted molar refractivity (Wildman–Crippen MR) is 93.9 cm³/mol. The number of hydrogen-bond acceptors (Lipinski definition) is 2. The van der Waals surface area contributed by atoms with E-state index in [0.717, 1.165) is 22.1 Å². The number of fused-ring (bicyclic) bond motifs is 3. The molecule has 23 heavy (non-hydrogen) atoms. The number of nitrogens with one attached hydrogen (secondary N) is 1. The first-order chi connectivity index (χ1) is 11.1. The van der Waals surface area contributed by atoms with Crippen LogP contribution in [-0.4, -0.2) is 11.1 Å². The Morgan fingerprint density at radius 3 is 2.78 bits per heavy atom. The van der Waals surface area contributed by atoms with Crippen molar-refractivity contribution in [2.45, 2.75) is 18.4 Å². The zero-order valence-electron chi connectivity index (χ0n) is 12.4. The highest BCUT2D eigenvalue weighted by molar-refractivity contribution is 9.10. The highest BCUT2D eigenvalue weighted by Gasteiger charge is 2.38. The lowest BCUT2D eigenvalue weighted by Gasteiger charge is -2.38. The first kappa shape index (κ1) is 14.5. The van der Waals surface area contributed by atoms with Crippen molar-refractivity contribution >= 4 is 27.6 Å². The van der Waals surface area contributed by atoms with Gasteiger partial charge in [-0.05, 0) is 47.7 Å². The number of allylic oxidation sites excluding steroid dienone is 2. The minimum atomic E-state index is -0.876. The number of aromatic carboxylic acids is 1. The number of carbonyl (C=O) groups is 1. The van der Waals surface area contributed by atoms with Gasteiger partial charge in [-0.25, -0.2) is 4.79 Å². The Labute approximate surface area is 143 Å². The topological polar surface area (TPSA) is 49.3 Å². The summed E-state index contributed by atoms with van der Waals surface area (Å²) in [5.41, 5.74) is 3.72. The molecule has 1 heterocycles. The van der Waals surface area contributed by atoms with E-state index in [1.807, 2.05) is 18.2 Å². The van der Waals surface area contributed by atoms with Crippen LogP contribution in [0, 0.1) is 5.92 Å². The number of hydrogen-bond donors (Lipinski definition) is 2. The SMILES string of the molecule is O=C(O)c1ccc2c(c1)[C@@H]1C=CC[C@@H]1[C@H](c1ccccc1Br)N2. The number of carboxylic acids is 1. The van der Waals surface area contributed by atoms with Crippen molar-refractivity contribution in [1.82, 2.24) is 0 Å². The summed E-state index contributed by atoms with van der Waals surface area (Å²) in [5, 5.41) is 12.9. The Morgan fingerprint density at radius 2 is 2.00 bits per heavy atom. The summed E-state index contributed by atoms with van der Waals surface area (Å²) in [6.07, 6.45) is 5.43. The highest BCUT2D eigenvalue weighted by Crippen LogP contribution is 2.50. The third-order valence-corrected chi connectivity index (χ3v) is 5.57. The first-order valence-corrected chi connectivity index (χ1v) is 8.49. The third-order valence-electron chi connectivity index (χ3n) is 4.85. The summed E-state index contributed by atoms with van der Waals surface area (Å²) in [7, 11) is 0. The molecule has 4 heteroatoms. The van der Waals surface area contributed by atoms with Crippen molar-refractivity contribution in [1.29, 1.82) is 0 Å². The zero-order valence-corrected chi connectivity index (χ0v) is 14.0. The van der Waals surface area contributed by atoms with Crippen LogP contribution in [0.15, 0.2) is 59.1 Å². The molecule has 2 aromatic rings. The molecule has 1 aliphatic heterocycles. The summed E-state index contributed by atoms with van der Waals surface area (Å²) in [6, 6.07) is 13.9. The second-order valence-corrected chi connectivity index (χ2v) is 6.96. The molecular formula is C19H16BrNO2. The van der Waals surface area contributed by atoms with Crippen molar-refractivity contribution in [3.63, 3.8) is 0 Å². The Morgan fingerprint density at radius 1 is 1.17 bits per heavy atom. The fourth-order valence-electron chi connectivity index (χ4n) is 3.76. The maximum Gasteiger partial charge on any atom is 0.335 e. The molecule has 0 aromatic heterocycles. The van der Waals surface area contributed by atoms with Gasteiger partial charge in [0, 0.05) is 16.1 Å². The number of rotatable bonds is 2. The zero-order chi connectivity index (χ0) is 16.0. The fraction of sp³-hybridized carbons (Fsp3) is 0.211. The molecule has 0 unspecified atom stereocenters. The molecule has 2 aliphatic rings. The van der Waals surface area contributed by atoms with Crippen molar-refractivity contribution in [3.8, 4) is 0 Å². The Balaban J connectivity index is 1.81. The molecular weight excluding hydrogens is 354 g/mol. The molecule has 2 N–H and O–H groups in total. The molecule has 3 atom stereocenters. The number of anilines is 1. The average Bonchev–Trinajstić information content (AvgIpc) is 3.04. The van der Waals surface area contributed by atoms with Crippen molar-refractivity contribution < 1.29 is 9.90 Å². The van der Waals surface area contributed by atoms with E-state index >= 15 is 0 Å².